The van der Waals surface area contributed by atoms with Crippen molar-refractivity contribution >= 4 is 39.2 Å². The minimum Gasteiger partial charge on any atom is -0.493 e. The molecule has 0 spiro atoms. The molecule has 1 fully saturated rings. The van der Waals surface area contributed by atoms with Crippen molar-refractivity contribution in [3.63, 3.8) is 0 Å². The summed E-state index contributed by atoms with van der Waals surface area (Å²) in [5.41, 5.74) is 3.09. The van der Waals surface area contributed by atoms with E-state index < -0.39 is 0 Å². The highest BCUT2D eigenvalue weighted by atomic mass is 79.9. The van der Waals surface area contributed by atoms with Crippen LogP contribution in [0.5, 0.6) is 5.75 Å². The Labute approximate surface area is 214 Å². The molecular weight excluding hydrogens is 510 g/mol. The van der Waals surface area contributed by atoms with Crippen molar-refractivity contribution < 1.29 is 9.53 Å². The van der Waals surface area contributed by atoms with Crippen molar-refractivity contribution in [3.05, 3.63) is 100 Å². The Morgan fingerprint density at radius 3 is 2.09 bits per heavy atom. The summed E-state index contributed by atoms with van der Waals surface area (Å²) in [6.07, 6.45) is 0. The molecule has 1 aliphatic heterocycles. The Balaban J connectivity index is 1.39. The molecule has 0 aromatic heterocycles. The molecule has 0 unspecified atom stereocenters. The third-order valence-corrected chi connectivity index (χ3v) is 6.89. The lowest BCUT2D eigenvalue weighted by atomic mass is 9.96. The molecule has 1 amide bonds. The van der Waals surface area contributed by atoms with Gasteiger partial charge in [-0.2, -0.15) is 0 Å². The summed E-state index contributed by atoms with van der Waals surface area (Å²) in [6, 6.07) is 26.7. The number of hydrogen-bond donors (Lipinski definition) is 1. The quantitative estimate of drug-likeness (QED) is 0.434. The second kappa shape index (κ2) is 11.6. The molecule has 0 radical (unpaired) electrons. The second-order valence-electron chi connectivity index (χ2n) is 8.08. The molecule has 3 aromatic carbocycles. The SMILES string of the molecule is CCOc1ccc(C(=O)NC(=S)N2CCN(C(c3ccccc3)c3ccccc3)CC2)cc1Br. The van der Waals surface area contributed by atoms with Gasteiger partial charge >= 0.3 is 0 Å². The predicted octanol–water partition coefficient (Wildman–Crippen LogP) is 5.27. The van der Waals surface area contributed by atoms with Gasteiger partial charge in [0.25, 0.3) is 5.91 Å². The third-order valence-electron chi connectivity index (χ3n) is 5.91. The van der Waals surface area contributed by atoms with Crippen LogP contribution in [0.2, 0.25) is 0 Å². The van der Waals surface area contributed by atoms with Gasteiger partial charge in [0.2, 0.25) is 0 Å². The maximum absolute atomic E-state index is 12.8. The molecule has 1 N–H and O–H groups in total. The Hall–Kier alpha value is -2.74. The summed E-state index contributed by atoms with van der Waals surface area (Å²) in [5, 5.41) is 3.35. The zero-order valence-electron chi connectivity index (χ0n) is 19.1. The Morgan fingerprint density at radius 1 is 0.971 bits per heavy atom. The van der Waals surface area contributed by atoms with Crippen LogP contribution in [0.15, 0.2) is 83.3 Å². The summed E-state index contributed by atoms with van der Waals surface area (Å²) in [5.74, 6) is 0.492. The van der Waals surface area contributed by atoms with E-state index in [4.69, 9.17) is 17.0 Å². The van der Waals surface area contributed by atoms with E-state index in [2.05, 4.69) is 79.6 Å². The number of carbonyl (C=O) groups excluding carboxylic acids is 1. The largest absolute Gasteiger partial charge is 0.493 e. The minimum absolute atomic E-state index is 0.189. The number of thiocarbonyl (C=S) groups is 1. The number of benzene rings is 3. The van der Waals surface area contributed by atoms with Gasteiger partial charge in [0.1, 0.15) is 5.75 Å². The molecule has 0 saturated carbocycles. The molecule has 1 saturated heterocycles. The number of nitrogens with one attached hydrogen (secondary N) is 1. The highest BCUT2D eigenvalue weighted by Gasteiger charge is 2.27. The van der Waals surface area contributed by atoms with Crippen LogP contribution in [0.25, 0.3) is 0 Å². The molecule has 3 aromatic rings. The maximum atomic E-state index is 12.8. The normalized spacial score (nSPS) is 14.1. The number of amides is 1. The van der Waals surface area contributed by atoms with E-state index in [1.54, 1.807) is 18.2 Å². The molecule has 0 atom stereocenters. The van der Waals surface area contributed by atoms with E-state index in [1.165, 1.54) is 11.1 Å². The Bertz CT molecular complexity index is 1080. The van der Waals surface area contributed by atoms with Crippen LogP contribution in [0.1, 0.15) is 34.5 Å². The number of hydrogen-bond acceptors (Lipinski definition) is 4. The van der Waals surface area contributed by atoms with Crippen LogP contribution in [0.3, 0.4) is 0 Å². The number of halogens is 1. The first-order valence-corrected chi connectivity index (χ1v) is 12.6. The van der Waals surface area contributed by atoms with Gasteiger partial charge in [0, 0.05) is 31.7 Å². The molecule has 0 aliphatic carbocycles. The van der Waals surface area contributed by atoms with E-state index in [0.717, 1.165) is 30.7 Å². The Morgan fingerprint density at radius 2 is 1.56 bits per heavy atom. The average molecular weight is 539 g/mol. The first-order valence-electron chi connectivity index (χ1n) is 11.4. The molecule has 5 nitrogen and oxygen atoms in total. The summed E-state index contributed by atoms with van der Waals surface area (Å²) in [4.78, 5) is 17.3. The van der Waals surface area contributed by atoms with Crippen LogP contribution in [0.4, 0.5) is 0 Å². The lowest BCUT2D eigenvalue weighted by Crippen LogP contribution is -2.53. The molecule has 1 heterocycles. The number of rotatable bonds is 6. The summed E-state index contributed by atoms with van der Waals surface area (Å²) >= 11 is 9.04. The van der Waals surface area contributed by atoms with Crippen LogP contribution in [-0.2, 0) is 0 Å². The topological polar surface area (TPSA) is 44.8 Å². The van der Waals surface area contributed by atoms with E-state index in [9.17, 15) is 4.79 Å². The minimum atomic E-state index is -0.220. The van der Waals surface area contributed by atoms with Crippen molar-refractivity contribution in [2.45, 2.75) is 13.0 Å². The molecule has 7 heteroatoms. The zero-order chi connectivity index (χ0) is 23.9. The van der Waals surface area contributed by atoms with Crippen LogP contribution in [-0.4, -0.2) is 53.6 Å². The lowest BCUT2D eigenvalue weighted by molar-refractivity contribution is 0.0967. The highest BCUT2D eigenvalue weighted by molar-refractivity contribution is 9.10. The van der Waals surface area contributed by atoms with E-state index in [0.29, 0.717) is 23.0 Å². The fourth-order valence-corrected chi connectivity index (χ4v) is 5.00. The Kier molecular flexibility index (Phi) is 8.32. The average Bonchev–Trinajstić information content (AvgIpc) is 2.87. The zero-order valence-corrected chi connectivity index (χ0v) is 21.5. The fourth-order valence-electron chi connectivity index (χ4n) is 4.23. The maximum Gasteiger partial charge on any atom is 0.257 e. The number of carbonyl (C=O) groups is 1. The van der Waals surface area contributed by atoms with E-state index in [1.807, 2.05) is 19.1 Å². The van der Waals surface area contributed by atoms with Crippen molar-refractivity contribution in [3.8, 4) is 5.75 Å². The van der Waals surface area contributed by atoms with E-state index >= 15 is 0 Å². The van der Waals surface area contributed by atoms with Crippen molar-refractivity contribution in [1.82, 2.24) is 15.1 Å². The summed E-state index contributed by atoms with van der Waals surface area (Å²) in [7, 11) is 0. The van der Waals surface area contributed by atoms with Crippen LogP contribution in [0, 0.1) is 0 Å². The molecular formula is C27H28BrN3O2S. The number of ether oxygens (including phenoxy) is 1. The van der Waals surface area contributed by atoms with Gasteiger partial charge in [-0.3, -0.25) is 15.0 Å². The number of nitrogens with zero attached hydrogens (tertiary/aromatic N) is 2. The monoisotopic (exact) mass is 537 g/mol. The highest BCUT2D eigenvalue weighted by Crippen LogP contribution is 2.29. The van der Waals surface area contributed by atoms with Gasteiger partial charge in [-0.25, -0.2) is 0 Å². The van der Waals surface area contributed by atoms with Crippen molar-refractivity contribution in [1.29, 1.82) is 0 Å². The number of piperazine rings is 1. The summed E-state index contributed by atoms with van der Waals surface area (Å²) in [6.45, 7) is 5.69. The van der Waals surface area contributed by atoms with Crippen LogP contribution < -0.4 is 10.1 Å². The van der Waals surface area contributed by atoms with Gasteiger partial charge in [-0.1, -0.05) is 60.7 Å². The first-order chi connectivity index (χ1) is 16.6. The molecule has 34 heavy (non-hydrogen) atoms. The van der Waals surface area contributed by atoms with Crippen molar-refractivity contribution in [2.75, 3.05) is 32.8 Å². The second-order valence-corrected chi connectivity index (χ2v) is 9.33. The third kappa shape index (κ3) is 5.84. The molecule has 0 bridgehead atoms. The van der Waals surface area contributed by atoms with Crippen LogP contribution >= 0.6 is 28.1 Å². The first kappa shape index (κ1) is 24.4. The van der Waals surface area contributed by atoms with Gasteiger partial charge < -0.3 is 9.64 Å². The summed E-state index contributed by atoms with van der Waals surface area (Å²) < 4.78 is 6.27. The smallest absolute Gasteiger partial charge is 0.257 e. The lowest BCUT2D eigenvalue weighted by Gasteiger charge is -2.40. The predicted molar refractivity (Wildman–Crippen MR) is 143 cm³/mol. The molecule has 176 valence electrons. The molecule has 1 aliphatic rings. The van der Waals surface area contributed by atoms with Gasteiger partial charge in [0.05, 0.1) is 17.1 Å². The standard InChI is InChI=1S/C27H28BrN3O2S/c1-2-33-24-14-13-22(19-23(24)28)26(32)29-27(34)31-17-15-30(16-18-31)25(20-9-5-3-6-10-20)21-11-7-4-8-12-21/h3-14,19,25H,2,15-18H2,1H3,(H,29,32,34). The van der Waals surface area contributed by atoms with Gasteiger partial charge in [-0.05, 0) is 64.4 Å². The van der Waals surface area contributed by atoms with E-state index in [-0.39, 0.29) is 11.9 Å². The van der Waals surface area contributed by atoms with Gasteiger partial charge in [0.15, 0.2) is 5.11 Å². The van der Waals surface area contributed by atoms with Crippen molar-refractivity contribution in [2.24, 2.45) is 0 Å². The van der Waals surface area contributed by atoms with Gasteiger partial charge in [-0.15, -0.1) is 0 Å². The fraction of sp³-hybridized carbons (Fsp3) is 0.259. The molecule has 4 rings (SSSR count).